The van der Waals surface area contributed by atoms with E-state index in [1.54, 1.807) is 0 Å². The van der Waals surface area contributed by atoms with Crippen LogP contribution in [0.25, 0.3) is 0 Å². The smallest absolute Gasteiger partial charge is 0.321 e. The molecule has 0 aromatic rings. The van der Waals surface area contributed by atoms with E-state index >= 15 is 0 Å². The molecule has 0 heterocycles. The lowest BCUT2D eigenvalue weighted by molar-refractivity contribution is -0.137. The largest absolute Gasteiger partial charge is 0.480 e. The van der Waals surface area contributed by atoms with Crippen LogP contribution in [-0.2, 0) is 4.79 Å². The van der Waals surface area contributed by atoms with Crippen LogP contribution < -0.4 is 5.73 Å². The Hall–Kier alpha value is -0.220. The van der Waals surface area contributed by atoms with Gasteiger partial charge in [-0.15, -0.1) is 0 Å². The molecule has 0 aliphatic rings. The topological polar surface area (TPSA) is 63.3 Å². The zero-order valence-electron chi connectivity index (χ0n) is 7.33. The van der Waals surface area contributed by atoms with Crippen molar-refractivity contribution in [1.82, 2.24) is 0 Å². The molecule has 11 heavy (non-hydrogen) atoms. The minimum absolute atomic E-state index is 0.624. The fraction of sp³-hybridized carbons (Fsp3) is 0.857. The van der Waals surface area contributed by atoms with Crippen molar-refractivity contribution in [2.45, 2.75) is 13.0 Å². The molecule has 0 aliphatic carbocycles. The number of hydrogen-bond donors (Lipinski definition) is 2. The molecule has 0 aromatic carbocycles. The summed E-state index contributed by atoms with van der Waals surface area (Å²) in [5.41, 5.74) is 5.40. The number of carbonyl (C=O) groups is 1. The van der Waals surface area contributed by atoms with E-state index in [9.17, 15) is 4.79 Å². The van der Waals surface area contributed by atoms with E-state index in [1.807, 2.05) is 0 Å². The van der Waals surface area contributed by atoms with Crippen molar-refractivity contribution < 1.29 is 9.90 Å². The van der Waals surface area contributed by atoms with E-state index in [2.05, 4.69) is 19.4 Å². The van der Waals surface area contributed by atoms with Crippen LogP contribution in [0.15, 0.2) is 0 Å². The van der Waals surface area contributed by atoms with E-state index in [1.165, 1.54) is 0 Å². The molecule has 3 N–H and O–H groups in total. The summed E-state index contributed by atoms with van der Waals surface area (Å²) in [6.07, 6.45) is 4.21. The van der Waals surface area contributed by atoms with Gasteiger partial charge in [0.25, 0.3) is 0 Å². The third-order valence-electron chi connectivity index (χ3n) is 1.73. The molecule has 3 nitrogen and oxygen atoms in total. The van der Waals surface area contributed by atoms with Gasteiger partial charge in [-0.2, -0.15) is 0 Å². The first-order valence-corrected chi connectivity index (χ1v) is 6.35. The van der Waals surface area contributed by atoms with Crippen LogP contribution in [0.1, 0.15) is 6.92 Å². The molecule has 0 spiro atoms. The first-order valence-electron chi connectivity index (χ1n) is 3.56. The summed E-state index contributed by atoms with van der Waals surface area (Å²) in [4.78, 5) is 10.4. The number of nitrogens with two attached hydrogens (primary N) is 1. The SMILES string of the molecule is CCS(C)(C)CC(N)C(=O)O. The Morgan fingerprint density at radius 1 is 1.64 bits per heavy atom. The number of aliphatic carboxylic acids is 1. The predicted octanol–water partition coefficient (Wildman–Crippen LogP) is 0.482. The monoisotopic (exact) mass is 179 g/mol. The van der Waals surface area contributed by atoms with Crippen LogP contribution in [0, 0.1) is 0 Å². The van der Waals surface area contributed by atoms with Crippen LogP contribution in [0.5, 0.6) is 0 Å². The van der Waals surface area contributed by atoms with Crippen molar-refractivity contribution in [2.75, 3.05) is 24.0 Å². The molecule has 1 atom stereocenters. The maximum Gasteiger partial charge on any atom is 0.321 e. The van der Waals surface area contributed by atoms with Crippen molar-refractivity contribution >= 4 is 16.0 Å². The molecule has 1 unspecified atom stereocenters. The van der Waals surface area contributed by atoms with Gasteiger partial charge in [-0.05, 0) is 18.3 Å². The van der Waals surface area contributed by atoms with Crippen molar-refractivity contribution in [2.24, 2.45) is 5.73 Å². The predicted molar refractivity (Wildman–Crippen MR) is 50.5 cm³/mol. The summed E-state index contributed by atoms with van der Waals surface area (Å²) in [7, 11) is -0.770. The molecular formula is C7H17NO2S. The Bertz CT molecular complexity index is 147. The van der Waals surface area contributed by atoms with Gasteiger partial charge in [0.05, 0.1) is 0 Å². The van der Waals surface area contributed by atoms with Gasteiger partial charge in [0.1, 0.15) is 6.04 Å². The zero-order valence-corrected chi connectivity index (χ0v) is 8.15. The molecule has 0 amide bonds. The first kappa shape index (κ1) is 10.8. The second kappa shape index (κ2) is 3.97. The highest BCUT2D eigenvalue weighted by Crippen LogP contribution is 2.38. The minimum atomic E-state index is -0.890. The summed E-state index contributed by atoms with van der Waals surface area (Å²) in [6, 6.07) is -0.681. The molecule has 0 fully saturated rings. The summed E-state index contributed by atoms with van der Waals surface area (Å²) in [5.74, 6) is 0.770. The highest BCUT2D eigenvalue weighted by molar-refractivity contribution is 8.32. The third kappa shape index (κ3) is 4.27. The van der Waals surface area contributed by atoms with Gasteiger partial charge in [-0.1, -0.05) is 6.92 Å². The highest BCUT2D eigenvalue weighted by atomic mass is 32.3. The quantitative estimate of drug-likeness (QED) is 0.660. The van der Waals surface area contributed by atoms with E-state index in [0.717, 1.165) is 5.75 Å². The fourth-order valence-corrected chi connectivity index (χ4v) is 2.03. The highest BCUT2D eigenvalue weighted by Gasteiger charge is 2.19. The molecular weight excluding hydrogens is 162 g/mol. The minimum Gasteiger partial charge on any atom is -0.480 e. The number of hydrogen-bond acceptors (Lipinski definition) is 2. The van der Waals surface area contributed by atoms with Crippen LogP contribution >= 0.6 is 10.0 Å². The Morgan fingerprint density at radius 3 is 2.36 bits per heavy atom. The number of carboxylic acids is 1. The van der Waals surface area contributed by atoms with Crippen LogP contribution in [0.2, 0.25) is 0 Å². The zero-order chi connectivity index (χ0) is 9.07. The molecule has 0 radical (unpaired) electrons. The molecule has 0 bridgehead atoms. The molecule has 0 saturated carbocycles. The lowest BCUT2D eigenvalue weighted by Gasteiger charge is -2.30. The van der Waals surface area contributed by atoms with Crippen LogP contribution in [-0.4, -0.2) is 41.1 Å². The molecule has 0 saturated heterocycles. The maximum absolute atomic E-state index is 10.4. The van der Waals surface area contributed by atoms with Gasteiger partial charge in [-0.25, -0.2) is 10.0 Å². The molecule has 0 aliphatic heterocycles. The lowest BCUT2D eigenvalue weighted by Crippen LogP contribution is -2.36. The summed E-state index contributed by atoms with van der Waals surface area (Å²) < 4.78 is 0. The van der Waals surface area contributed by atoms with E-state index < -0.39 is 22.0 Å². The van der Waals surface area contributed by atoms with Crippen molar-refractivity contribution in [3.05, 3.63) is 0 Å². The Kier molecular flexibility index (Phi) is 3.89. The Balaban J connectivity index is 3.93. The molecule has 68 valence electrons. The Labute approximate surface area is 69.3 Å². The first-order chi connectivity index (χ1) is 4.89. The average molecular weight is 179 g/mol. The number of rotatable bonds is 4. The van der Waals surface area contributed by atoms with Gasteiger partial charge in [0.2, 0.25) is 0 Å². The van der Waals surface area contributed by atoms with Crippen LogP contribution in [0.3, 0.4) is 0 Å². The van der Waals surface area contributed by atoms with Gasteiger partial charge in [-0.3, -0.25) is 4.79 Å². The van der Waals surface area contributed by atoms with Gasteiger partial charge < -0.3 is 10.8 Å². The second-order valence-electron chi connectivity index (χ2n) is 3.17. The van der Waals surface area contributed by atoms with Gasteiger partial charge in [0, 0.05) is 5.75 Å². The Morgan fingerprint density at radius 2 is 2.09 bits per heavy atom. The lowest BCUT2D eigenvalue weighted by atomic mass is 10.4. The van der Waals surface area contributed by atoms with E-state index in [4.69, 9.17) is 10.8 Å². The number of carboxylic acid groups (broad SMARTS) is 1. The van der Waals surface area contributed by atoms with Gasteiger partial charge >= 0.3 is 5.97 Å². The fourth-order valence-electron chi connectivity index (χ4n) is 0.675. The average Bonchev–Trinajstić information content (AvgIpc) is 1.87. The third-order valence-corrected chi connectivity index (χ3v) is 4.55. The van der Waals surface area contributed by atoms with E-state index in [-0.39, 0.29) is 0 Å². The van der Waals surface area contributed by atoms with Crippen molar-refractivity contribution in [3.8, 4) is 0 Å². The van der Waals surface area contributed by atoms with Gasteiger partial charge in [0.15, 0.2) is 0 Å². The maximum atomic E-state index is 10.4. The molecule has 4 heteroatoms. The molecule has 0 rings (SSSR count). The van der Waals surface area contributed by atoms with Crippen molar-refractivity contribution in [1.29, 1.82) is 0 Å². The normalized spacial score (nSPS) is 16.0. The van der Waals surface area contributed by atoms with Crippen molar-refractivity contribution in [3.63, 3.8) is 0 Å². The summed E-state index contributed by atoms with van der Waals surface area (Å²) in [6.45, 7) is 2.07. The second-order valence-corrected chi connectivity index (χ2v) is 7.61. The summed E-state index contributed by atoms with van der Waals surface area (Å²) >= 11 is 0. The van der Waals surface area contributed by atoms with Crippen LogP contribution in [0.4, 0.5) is 0 Å². The van der Waals surface area contributed by atoms with E-state index in [0.29, 0.717) is 5.75 Å². The standard InChI is InChI=1S/C7H17NO2S/c1-4-11(2,3)5-6(8)7(9)10/h6H,4-5,8H2,1-3H3,(H,9,10). The summed E-state index contributed by atoms with van der Waals surface area (Å²) in [5, 5.41) is 8.53. The molecule has 0 aromatic heterocycles.